The molecule has 3 heterocycles. The zero-order valence-corrected chi connectivity index (χ0v) is 12.6. The molecule has 21 heavy (non-hydrogen) atoms. The summed E-state index contributed by atoms with van der Waals surface area (Å²) in [5, 5.41) is 13.0. The summed E-state index contributed by atoms with van der Waals surface area (Å²) in [4.78, 5) is 24.0. The van der Waals surface area contributed by atoms with Crippen molar-refractivity contribution in [1.82, 2.24) is 19.2 Å². The smallest absolute Gasteiger partial charge is 0.407 e. The van der Waals surface area contributed by atoms with E-state index in [1.165, 1.54) is 11.0 Å². The number of amides is 1. The first-order valence-corrected chi connectivity index (χ1v) is 7.21. The molecule has 1 aliphatic heterocycles. The quantitative estimate of drug-likeness (QED) is 0.905. The van der Waals surface area contributed by atoms with Crippen LogP contribution in [0.5, 0.6) is 0 Å². The fourth-order valence-electron chi connectivity index (χ4n) is 2.36. The number of pyridine rings is 1. The van der Waals surface area contributed by atoms with E-state index in [0.29, 0.717) is 19.6 Å². The largest absolute Gasteiger partial charge is 0.465 e. The Hall–Kier alpha value is -2.09. The molecule has 8 heteroatoms. The molecule has 0 bridgehead atoms. The lowest BCUT2D eigenvalue weighted by atomic mass is 10.0. The predicted octanol–water partition coefficient (Wildman–Crippen LogP) is 1.41. The molecule has 0 atom stereocenters. The fraction of sp³-hybridized carbons (Fsp3) is 0.308. The summed E-state index contributed by atoms with van der Waals surface area (Å²) in [5.74, 6) is 0.179. The van der Waals surface area contributed by atoms with Crippen LogP contribution in [-0.4, -0.2) is 43.5 Å². The van der Waals surface area contributed by atoms with Crippen LogP contribution in [0.2, 0.25) is 0 Å². The molecule has 0 radical (unpaired) electrons. The van der Waals surface area contributed by atoms with E-state index in [-0.39, 0.29) is 11.5 Å². The summed E-state index contributed by atoms with van der Waals surface area (Å²) in [6.45, 7) is 1.46. The van der Waals surface area contributed by atoms with Gasteiger partial charge in [0.05, 0.1) is 16.4 Å². The Labute approximate surface area is 128 Å². The standard InChI is InChI=1S/C13H13BrN4O3/c14-10-3-15-18(7-10)11-1-2-12(19)16(8-11)4-9-5-17(6-9)13(20)21/h1-3,7-9H,4-6H2,(H,20,21). The monoisotopic (exact) mass is 352 g/mol. The van der Waals surface area contributed by atoms with Crippen molar-refractivity contribution in [2.45, 2.75) is 6.54 Å². The van der Waals surface area contributed by atoms with Crippen molar-refractivity contribution in [2.24, 2.45) is 5.92 Å². The van der Waals surface area contributed by atoms with Crippen molar-refractivity contribution in [2.75, 3.05) is 13.1 Å². The van der Waals surface area contributed by atoms with Gasteiger partial charge in [-0.2, -0.15) is 5.10 Å². The van der Waals surface area contributed by atoms with E-state index in [1.54, 1.807) is 33.9 Å². The molecule has 3 rings (SSSR count). The third kappa shape index (κ3) is 2.85. The molecule has 0 saturated carbocycles. The van der Waals surface area contributed by atoms with Gasteiger partial charge in [0.1, 0.15) is 0 Å². The van der Waals surface area contributed by atoms with Crippen molar-refractivity contribution in [1.29, 1.82) is 0 Å². The zero-order valence-electron chi connectivity index (χ0n) is 11.0. The number of aromatic nitrogens is 3. The molecule has 1 N–H and O–H groups in total. The number of carbonyl (C=O) groups is 1. The van der Waals surface area contributed by atoms with Gasteiger partial charge in [0.15, 0.2) is 0 Å². The van der Waals surface area contributed by atoms with E-state index >= 15 is 0 Å². The highest BCUT2D eigenvalue weighted by molar-refractivity contribution is 9.10. The number of hydrogen-bond donors (Lipinski definition) is 1. The summed E-state index contributed by atoms with van der Waals surface area (Å²) in [6.07, 6.45) is 4.31. The molecule has 1 saturated heterocycles. The topological polar surface area (TPSA) is 80.4 Å². The number of halogens is 1. The molecule has 7 nitrogen and oxygen atoms in total. The fourth-order valence-corrected chi connectivity index (χ4v) is 2.64. The van der Waals surface area contributed by atoms with Gasteiger partial charge in [-0.15, -0.1) is 0 Å². The maximum Gasteiger partial charge on any atom is 0.407 e. The van der Waals surface area contributed by atoms with Gasteiger partial charge < -0.3 is 14.6 Å². The first-order valence-electron chi connectivity index (χ1n) is 6.42. The molecule has 2 aromatic heterocycles. The maximum absolute atomic E-state index is 11.9. The van der Waals surface area contributed by atoms with Crippen molar-refractivity contribution in [3.8, 4) is 5.69 Å². The summed E-state index contributed by atoms with van der Waals surface area (Å²) in [5.41, 5.74) is 0.688. The Balaban J connectivity index is 1.77. The van der Waals surface area contributed by atoms with E-state index in [0.717, 1.165) is 10.2 Å². The molecular weight excluding hydrogens is 340 g/mol. The summed E-state index contributed by atoms with van der Waals surface area (Å²) in [7, 11) is 0. The van der Waals surface area contributed by atoms with Crippen LogP contribution in [0, 0.1) is 5.92 Å². The van der Waals surface area contributed by atoms with Crippen molar-refractivity contribution in [3.63, 3.8) is 0 Å². The Morgan fingerprint density at radius 1 is 1.38 bits per heavy atom. The van der Waals surface area contributed by atoms with Crippen LogP contribution in [0.4, 0.5) is 4.79 Å². The second-order valence-electron chi connectivity index (χ2n) is 5.03. The lowest BCUT2D eigenvalue weighted by molar-refractivity contribution is 0.0743. The van der Waals surface area contributed by atoms with E-state index in [9.17, 15) is 9.59 Å². The van der Waals surface area contributed by atoms with Gasteiger partial charge in [-0.05, 0) is 22.0 Å². The molecular formula is C13H13BrN4O3. The highest BCUT2D eigenvalue weighted by Crippen LogP contribution is 2.17. The zero-order chi connectivity index (χ0) is 15.0. The Morgan fingerprint density at radius 3 is 2.76 bits per heavy atom. The normalized spacial score (nSPS) is 15.0. The number of hydrogen-bond acceptors (Lipinski definition) is 3. The number of likely N-dealkylation sites (tertiary alicyclic amines) is 1. The van der Waals surface area contributed by atoms with Crippen LogP contribution in [-0.2, 0) is 6.54 Å². The van der Waals surface area contributed by atoms with E-state index in [2.05, 4.69) is 21.0 Å². The maximum atomic E-state index is 11.9. The van der Waals surface area contributed by atoms with Gasteiger partial charge in [-0.1, -0.05) is 0 Å². The number of carboxylic acid groups (broad SMARTS) is 1. The SMILES string of the molecule is O=C(O)N1CC(Cn2cc(-n3cc(Br)cn3)ccc2=O)C1. The van der Waals surface area contributed by atoms with Crippen LogP contribution in [0.1, 0.15) is 0 Å². The van der Waals surface area contributed by atoms with Gasteiger partial charge >= 0.3 is 6.09 Å². The van der Waals surface area contributed by atoms with Crippen molar-refractivity contribution < 1.29 is 9.90 Å². The minimum atomic E-state index is -0.909. The Bertz CT molecular complexity index is 733. The average molecular weight is 353 g/mol. The van der Waals surface area contributed by atoms with E-state index in [4.69, 9.17) is 5.11 Å². The number of rotatable bonds is 3. The van der Waals surface area contributed by atoms with Crippen LogP contribution in [0.25, 0.3) is 5.69 Å². The Kier molecular flexibility index (Phi) is 3.54. The van der Waals surface area contributed by atoms with Crippen molar-refractivity contribution >= 4 is 22.0 Å². The van der Waals surface area contributed by atoms with Gasteiger partial charge in [0, 0.05) is 44.0 Å². The van der Waals surface area contributed by atoms with Gasteiger partial charge in [0.2, 0.25) is 0 Å². The summed E-state index contributed by atoms with van der Waals surface area (Å²) >= 11 is 3.33. The first kappa shape index (κ1) is 13.9. The van der Waals surface area contributed by atoms with Gasteiger partial charge in [0.25, 0.3) is 5.56 Å². The summed E-state index contributed by atoms with van der Waals surface area (Å²) < 4.78 is 4.13. The molecule has 0 aliphatic carbocycles. The van der Waals surface area contributed by atoms with E-state index < -0.39 is 6.09 Å². The first-order chi connectivity index (χ1) is 10.0. The molecule has 1 amide bonds. The molecule has 1 fully saturated rings. The molecule has 110 valence electrons. The second kappa shape index (κ2) is 5.36. The highest BCUT2D eigenvalue weighted by Gasteiger charge is 2.30. The molecule has 0 unspecified atom stereocenters. The molecule has 0 spiro atoms. The third-order valence-corrected chi connectivity index (χ3v) is 3.88. The van der Waals surface area contributed by atoms with E-state index in [1.807, 2.05) is 0 Å². The molecule has 1 aliphatic rings. The minimum Gasteiger partial charge on any atom is -0.465 e. The van der Waals surface area contributed by atoms with Crippen LogP contribution in [0.3, 0.4) is 0 Å². The second-order valence-corrected chi connectivity index (χ2v) is 5.95. The highest BCUT2D eigenvalue weighted by atomic mass is 79.9. The van der Waals surface area contributed by atoms with Crippen LogP contribution < -0.4 is 5.56 Å². The van der Waals surface area contributed by atoms with Crippen LogP contribution in [0.15, 0.2) is 40.0 Å². The van der Waals surface area contributed by atoms with Gasteiger partial charge in [-0.3, -0.25) is 4.79 Å². The predicted molar refractivity (Wildman–Crippen MR) is 78.6 cm³/mol. The van der Waals surface area contributed by atoms with Gasteiger partial charge in [-0.25, -0.2) is 9.48 Å². The average Bonchev–Trinajstić information content (AvgIpc) is 2.81. The summed E-state index contributed by atoms with van der Waals surface area (Å²) in [6, 6.07) is 3.21. The third-order valence-electron chi connectivity index (χ3n) is 3.47. The Morgan fingerprint density at radius 2 is 2.14 bits per heavy atom. The lowest BCUT2D eigenvalue weighted by Crippen LogP contribution is -2.51. The van der Waals surface area contributed by atoms with Crippen molar-refractivity contribution in [3.05, 3.63) is 45.5 Å². The lowest BCUT2D eigenvalue weighted by Gasteiger charge is -2.37. The number of nitrogens with zero attached hydrogens (tertiary/aromatic N) is 4. The van der Waals surface area contributed by atoms with Crippen LogP contribution >= 0.6 is 15.9 Å². The molecule has 0 aromatic carbocycles. The minimum absolute atomic E-state index is 0.0984. The molecule has 2 aromatic rings.